The molecule has 1 rings (SSSR count). The van der Waals surface area contributed by atoms with E-state index in [4.69, 9.17) is 9.84 Å². The number of aliphatic carboxylic acids is 1. The van der Waals surface area contributed by atoms with Gasteiger partial charge in [-0.15, -0.1) is 0 Å². The van der Waals surface area contributed by atoms with Gasteiger partial charge in [-0.25, -0.2) is 0 Å². The average molecular weight is 344 g/mol. The minimum absolute atomic E-state index is 0.0146. The Morgan fingerprint density at radius 1 is 1.30 bits per heavy atom. The van der Waals surface area contributed by atoms with Crippen molar-refractivity contribution in [3.05, 3.63) is 30.3 Å². The molecule has 20 heavy (non-hydrogen) atoms. The SMILES string of the molecule is CC(C)(C)OC(=O)NC(C[Se]c1ccccc1)C(=O)O. The predicted octanol–water partition coefficient (Wildman–Crippen LogP) is 1.41. The van der Waals surface area contributed by atoms with Crippen molar-refractivity contribution in [2.45, 2.75) is 37.7 Å². The number of carboxylic acids is 1. The Kier molecular flexibility index (Phi) is 6.04. The van der Waals surface area contributed by atoms with Crippen molar-refractivity contribution in [2.24, 2.45) is 0 Å². The third kappa shape index (κ3) is 6.59. The molecule has 0 aromatic heterocycles. The second-order valence-corrected chi connectivity index (χ2v) is 7.46. The molecule has 0 aliphatic rings. The summed E-state index contributed by atoms with van der Waals surface area (Å²) in [6.45, 7) is 5.20. The number of rotatable bonds is 5. The van der Waals surface area contributed by atoms with Crippen LogP contribution in [0.2, 0.25) is 5.32 Å². The first-order valence-corrected chi connectivity index (χ1v) is 8.25. The molecule has 0 spiro atoms. The van der Waals surface area contributed by atoms with Gasteiger partial charge in [0, 0.05) is 0 Å². The van der Waals surface area contributed by atoms with E-state index in [1.807, 2.05) is 30.3 Å². The molecule has 0 aliphatic carbocycles. The summed E-state index contributed by atoms with van der Waals surface area (Å²) < 4.78 is 6.16. The van der Waals surface area contributed by atoms with Crippen LogP contribution in [0.3, 0.4) is 0 Å². The van der Waals surface area contributed by atoms with Crippen LogP contribution in [0.5, 0.6) is 0 Å². The van der Waals surface area contributed by atoms with Gasteiger partial charge in [0.1, 0.15) is 0 Å². The molecule has 0 saturated heterocycles. The molecule has 1 amide bonds. The molecular weight excluding hydrogens is 325 g/mol. The summed E-state index contributed by atoms with van der Waals surface area (Å²) in [6.07, 6.45) is -0.700. The molecule has 110 valence electrons. The zero-order valence-corrected chi connectivity index (χ0v) is 13.5. The van der Waals surface area contributed by atoms with Crippen molar-refractivity contribution in [2.75, 3.05) is 0 Å². The van der Waals surface area contributed by atoms with E-state index in [1.54, 1.807) is 20.8 Å². The quantitative estimate of drug-likeness (QED) is 0.792. The van der Waals surface area contributed by atoms with Crippen LogP contribution >= 0.6 is 0 Å². The number of nitrogens with one attached hydrogen (secondary N) is 1. The van der Waals surface area contributed by atoms with Crippen LogP contribution in [-0.4, -0.2) is 43.8 Å². The first kappa shape index (κ1) is 16.5. The normalized spacial score (nSPS) is 12.6. The van der Waals surface area contributed by atoms with E-state index in [0.29, 0.717) is 5.32 Å². The number of alkyl carbamates (subject to hydrolysis) is 1. The average Bonchev–Trinajstić information content (AvgIpc) is 2.33. The topological polar surface area (TPSA) is 75.6 Å². The Balaban J connectivity index is 2.53. The molecule has 5 nitrogen and oxygen atoms in total. The van der Waals surface area contributed by atoms with Crippen molar-refractivity contribution in [3.63, 3.8) is 0 Å². The number of benzene rings is 1. The van der Waals surface area contributed by atoms with Crippen molar-refractivity contribution in [3.8, 4) is 0 Å². The van der Waals surface area contributed by atoms with Gasteiger partial charge >= 0.3 is 124 Å². The summed E-state index contributed by atoms with van der Waals surface area (Å²) in [5.74, 6) is -1.05. The van der Waals surface area contributed by atoms with E-state index in [9.17, 15) is 9.59 Å². The third-order valence-electron chi connectivity index (χ3n) is 2.15. The fourth-order valence-electron chi connectivity index (χ4n) is 1.32. The Morgan fingerprint density at radius 3 is 2.40 bits per heavy atom. The number of amides is 1. The summed E-state index contributed by atoms with van der Waals surface area (Å²) in [7, 11) is 0. The Labute approximate surface area is 124 Å². The van der Waals surface area contributed by atoms with E-state index in [-0.39, 0.29) is 15.0 Å². The molecule has 0 heterocycles. The van der Waals surface area contributed by atoms with E-state index >= 15 is 0 Å². The summed E-state index contributed by atoms with van der Waals surface area (Å²) in [4.78, 5) is 22.8. The van der Waals surface area contributed by atoms with Gasteiger partial charge in [-0.2, -0.15) is 0 Å². The fraction of sp³-hybridized carbons (Fsp3) is 0.429. The van der Waals surface area contributed by atoms with E-state index in [0.717, 1.165) is 4.46 Å². The van der Waals surface area contributed by atoms with Gasteiger partial charge in [-0.3, -0.25) is 0 Å². The number of hydrogen-bond acceptors (Lipinski definition) is 3. The van der Waals surface area contributed by atoms with E-state index in [1.165, 1.54) is 0 Å². The van der Waals surface area contributed by atoms with Gasteiger partial charge in [0.2, 0.25) is 0 Å². The molecule has 0 bridgehead atoms. The standard InChI is InChI=1S/C14H19NO4Se/c1-14(2,3)19-13(18)15-11(12(16)17)9-20-10-7-5-4-6-8-10/h4-8,11H,9H2,1-3H3,(H,15,18)(H,16,17). The second-order valence-electron chi connectivity index (χ2n) is 5.16. The molecule has 2 N–H and O–H groups in total. The monoisotopic (exact) mass is 345 g/mol. The molecule has 1 aromatic carbocycles. The molecule has 1 unspecified atom stereocenters. The zero-order valence-electron chi connectivity index (χ0n) is 11.8. The number of hydrogen-bond donors (Lipinski definition) is 2. The van der Waals surface area contributed by atoms with E-state index < -0.39 is 23.7 Å². The predicted molar refractivity (Wildman–Crippen MR) is 77.4 cm³/mol. The first-order valence-electron chi connectivity index (χ1n) is 6.18. The van der Waals surface area contributed by atoms with Crippen LogP contribution < -0.4 is 9.78 Å². The Bertz CT molecular complexity index is 456. The van der Waals surface area contributed by atoms with Gasteiger partial charge in [0.25, 0.3) is 0 Å². The number of carbonyl (C=O) groups is 2. The fourth-order valence-corrected chi connectivity index (χ4v) is 3.28. The van der Waals surface area contributed by atoms with Crippen molar-refractivity contribution < 1.29 is 19.4 Å². The molecule has 0 aliphatic heterocycles. The third-order valence-corrected chi connectivity index (χ3v) is 4.47. The van der Waals surface area contributed by atoms with Gasteiger partial charge in [0.15, 0.2) is 0 Å². The van der Waals surface area contributed by atoms with Crippen molar-refractivity contribution in [1.82, 2.24) is 5.32 Å². The molecule has 0 radical (unpaired) electrons. The second kappa shape index (κ2) is 7.31. The molecule has 1 atom stereocenters. The van der Waals surface area contributed by atoms with Crippen molar-refractivity contribution in [1.29, 1.82) is 0 Å². The maximum atomic E-state index is 11.6. The molecule has 0 fully saturated rings. The summed E-state index contributed by atoms with van der Waals surface area (Å²) in [5.41, 5.74) is -0.641. The number of carbonyl (C=O) groups excluding carboxylic acids is 1. The Morgan fingerprint density at radius 2 is 1.90 bits per heavy atom. The van der Waals surface area contributed by atoms with Crippen molar-refractivity contribution >= 4 is 31.5 Å². The van der Waals surface area contributed by atoms with Crippen LogP contribution in [-0.2, 0) is 9.53 Å². The summed E-state index contributed by atoms with van der Waals surface area (Å²) >= 11 is -0.0146. The van der Waals surface area contributed by atoms with Gasteiger partial charge in [-0.1, -0.05) is 0 Å². The zero-order chi connectivity index (χ0) is 15.2. The molecule has 1 aromatic rings. The number of carboxylic acid groups (broad SMARTS) is 1. The van der Waals surface area contributed by atoms with Gasteiger partial charge < -0.3 is 0 Å². The molecule has 6 heteroatoms. The van der Waals surface area contributed by atoms with Crippen LogP contribution in [0.1, 0.15) is 20.8 Å². The van der Waals surface area contributed by atoms with Gasteiger partial charge in [0.05, 0.1) is 0 Å². The van der Waals surface area contributed by atoms with Crippen LogP contribution in [0.25, 0.3) is 0 Å². The Hall–Kier alpha value is -1.52. The van der Waals surface area contributed by atoms with Crippen LogP contribution in [0.15, 0.2) is 30.3 Å². The minimum atomic E-state index is -1.05. The first-order chi connectivity index (χ1) is 9.28. The number of ether oxygens (including phenoxy) is 1. The van der Waals surface area contributed by atoms with E-state index in [2.05, 4.69) is 5.32 Å². The maximum absolute atomic E-state index is 11.6. The summed E-state index contributed by atoms with van der Waals surface area (Å²) in [6, 6.07) is 8.71. The van der Waals surface area contributed by atoms with Crippen LogP contribution in [0, 0.1) is 0 Å². The van der Waals surface area contributed by atoms with Crippen LogP contribution in [0.4, 0.5) is 4.79 Å². The molecular formula is C14H19NO4Se. The van der Waals surface area contributed by atoms with Gasteiger partial charge in [-0.05, 0) is 0 Å². The summed E-state index contributed by atoms with van der Waals surface area (Å²) in [5, 5.41) is 11.9. The molecule has 0 saturated carbocycles.